The number of hydrogen-bond donors (Lipinski definition) is 1. The zero-order chi connectivity index (χ0) is 13.9. The fourth-order valence-corrected chi connectivity index (χ4v) is 3.01. The number of nitrogens with zero attached hydrogens (tertiary/aromatic N) is 2. The Morgan fingerprint density at radius 2 is 1.70 bits per heavy atom. The van der Waals surface area contributed by atoms with Crippen LogP contribution in [0.1, 0.15) is 36.9 Å². The van der Waals surface area contributed by atoms with Gasteiger partial charge < -0.3 is 5.73 Å². The van der Waals surface area contributed by atoms with Crippen LogP contribution >= 0.6 is 11.6 Å². The summed E-state index contributed by atoms with van der Waals surface area (Å²) in [6.45, 7) is 0. The zero-order valence-electron chi connectivity index (χ0n) is 11.4. The monoisotopic (exact) mass is 287 g/mol. The van der Waals surface area contributed by atoms with Crippen molar-refractivity contribution >= 4 is 17.3 Å². The van der Waals surface area contributed by atoms with E-state index in [1.54, 1.807) is 0 Å². The molecule has 20 heavy (non-hydrogen) atoms. The molecule has 0 spiro atoms. The van der Waals surface area contributed by atoms with Gasteiger partial charge in [0, 0.05) is 22.5 Å². The van der Waals surface area contributed by atoms with E-state index in [9.17, 15) is 0 Å². The summed E-state index contributed by atoms with van der Waals surface area (Å²) in [6, 6.07) is 7.66. The van der Waals surface area contributed by atoms with Crippen LogP contribution in [0.3, 0.4) is 0 Å². The Bertz CT molecular complexity index is 625. The van der Waals surface area contributed by atoms with E-state index in [4.69, 9.17) is 22.3 Å². The van der Waals surface area contributed by atoms with Crippen LogP contribution < -0.4 is 5.73 Å². The maximum atomic E-state index is 6.38. The van der Waals surface area contributed by atoms with E-state index in [-0.39, 0.29) is 0 Å². The molecule has 1 aliphatic rings. The number of benzene rings is 1. The highest BCUT2D eigenvalue weighted by atomic mass is 35.5. The molecule has 0 amide bonds. The highest BCUT2D eigenvalue weighted by Gasteiger charge is 2.16. The summed E-state index contributed by atoms with van der Waals surface area (Å²) in [5.74, 6) is 0.646. The summed E-state index contributed by atoms with van der Waals surface area (Å²) < 4.78 is 0. The second-order valence-corrected chi connectivity index (χ2v) is 5.62. The fourth-order valence-electron chi connectivity index (χ4n) is 2.72. The maximum absolute atomic E-state index is 6.38. The molecule has 4 heteroatoms. The number of nitrogens with two attached hydrogens (primary N) is 1. The number of anilines is 1. The van der Waals surface area contributed by atoms with Gasteiger partial charge in [-0.2, -0.15) is 0 Å². The summed E-state index contributed by atoms with van der Waals surface area (Å²) in [6.07, 6.45) is 6.84. The molecular weight excluding hydrogens is 270 g/mol. The Morgan fingerprint density at radius 1 is 0.950 bits per heavy atom. The summed E-state index contributed by atoms with van der Waals surface area (Å²) in [5, 5.41) is 0.593. The van der Waals surface area contributed by atoms with Crippen molar-refractivity contribution in [3.63, 3.8) is 0 Å². The van der Waals surface area contributed by atoms with Crippen LogP contribution in [0.4, 0.5) is 5.69 Å². The highest BCUT2D eigenvalue weighted by Crippen LogP contribution is 2.29. The van der Waals surface area contributed by atoms with Gasteiger partial charge in [-0.1, -0.05) is 36.6 Å². The molecule has 1 aromatic heterocycles. The molecule has 0 radical (unpaired) electrons. The Kier molecular flexibility index (Phi) is 3.88. The van der Waals surface area contributed by atoms with E-state index in [1.165, 1.54) is 25.7 Å². The lowest BCUT2D eigenvalue weighted by Crippen LogP contribution is -2.07. The molecule has 2 aromatic rings. The smallest absolute Gasteiger partial charge is 0.163 e. The van der Waals surface area contributed by atoms with Crippen LogP contribution in [0.5, 0.6) is 0 Å². The van der Waals surface area contributed by atoms with Crippen molar-refractivity contribution in [1.82, 2.24) is 9.97 Å². The molecule has 0 atom stereocenters. The van der Waals surface area contributed by atoms with Gasteiger partial charge in [0.05, 0.1) is 0 Å². The largest absolute Gasteiger partial charge is 0.398 e. The van der Waals surface area contributed by atoms with Gasteiger partial charge >= 0.3 is 0 Å². The van der Waals surface area contributed by atoms with E-state index in [0.29, 0.717) is 16.7 Å². The second-order valence-electron chi connectivity index (χ2n) is 5.26. The second kappa shape index (κ2) is 5.80. The van der Waals surface area contributed by atoms with Gasteiger partial charge in [0.1, 0.15) is 5.15 Å². The minimum absolute atomic E-state index is 0.593. The van der Waals surface area contributed by atoms with Crippen LogP contribution in [0.25, 0.3) is 11.4 Å². The molecule has 0 fully saturated rings. The lowest BCUT2D eigenvalue weighted by Gasteiger charge is -2.15. The first-order valence-corrected chi connectivity index (χ1v) is 7.53. The highest BCUT2D eigenvalue weighted by molar-refractivity contribution is 6.30. The van der Waals surface area contributed by atoms with E-state index < -0.39 is 0 Å². The Morgan fingerprint density at radius 3 is 2.50 bits per heavy atom. The van der Waals surface area contributed by atoms with Crippen molar-refractivity contribution in [3.8, 4) is 11.4 Å². The number of fused-ring (bicyclic) bond motifs is 1. The molecule has 0 saturated carbocycles. The van der Waals surface area contributed by atoms with Crippen LogP contribution in [0.15, 0.2) is 24.3 Å². The Balaban J connectivity index is 2.08. The number of halogens is 1. The van der Waals surface area contributed by atoms with Crippen LogP contribution in [-0.2, 0) is 12.8 Å². The molecule has 1 aromatic carbocycles. The Hall–Kier alpha value is -1.61. The fraction of sp³-hybridized carbons (Fsp3) is 0.375. The molecule has 3 nitrogen and oxygen atoms in total. The summed E-state index contributed by atoms with van der Waals surface area (Å²) in [7, 11) is 0. The predicted molar refractivity (Wildman–Crippen MR) is 82.8 cm³/mol. The SMILES string of the molecule is Nc1ccccc1-c1nc(Cl)c2c(n1)CCCCCC2. The maximum Gasteiger partial charge on any atom is 0.163 e. The third-order valence-corrected chi connectivity index (χ3v) is 4.15. The van der Waals surface area contributed by atoms with Crippen molar-refractivity contribution in [2.45, 2.75) is 38.5 Å². The third-order valence-electron chi connectivity index (χ3n) is 3.83. The lowest BCUT2D eigenvalue weighted by atomic mass is 9.98. The van der Waals surface area contributed by atoms with Gasteiger partial charge in [-0.15, -0.1) is 0 Å². The average molecular weight is 288 g/mol. The van der Waals surface area contributed by atoms with E-state index >= 15 is 0 Å². The molecule has 0 saturated heterocycles. The first kappa shape index (κ1) is 13.4. The van der Waals surface area contributed by atoms with E-state index in [2.05, 4.69) is 4.98 Å². The Labute approximate surface area is 124 Å². The van der Waals surface area contributed by atoms with Crippen molar-refractivity contribution in [2.75, 3.05) is 5.73 Å². The van der Waals surface area contributed by atoms with Gasteiger partial charge in [0.2, 0.25) is 0 Å². The van der Waals surface area contributed by atoms with Gasteiger partial charge in [-0.05, 0) is 37.8 Å². The molecule has 0 unspecified atom stereocenters. The number of para-hydroxylation sites is 1. The first-order valence-electron chi connectivity index (χ1n) is 7.16. The van der Waals surface area contributed by atoms with Crippen molar-refractivity contribution in [1.29, 1.82) is 0 Å². The first-order chi connectivity index (χ1) is 9.75. The molecule has 104 valence electrons. The number of nitrogen functional groups attached to an aromatic ring is 1. The van der Waals surface area contributed by atoms with Crippen molar-refractivity contribution in [3.05, 3.63) is 40.7 Å². The molecule has 0 aliphatic heterocycles. The molecule has 3 rings (SSSR count). The number of aryl methyl sites for hydroxylation is 1. The topological polar surface area (TPSA) is 51.8 Å². The van der Waals surface area contributed by atoms with Crippen LogP contribution in [-0.4, -0.2) is 9.97 Å². The van der Waals surface area contributed by atoms with Crippen molar-refractivity contribution in [2.24, 2.45) is 0 Å². The summed E-state index contributed by atoms with van der Waals surface area (Å²) in [5.41, 5.74) is 9.79. The molecule has 2 N–H and O–H groups in total. The predicted octanol–water partition coefficient (Wildman–Crippen LogP) is 4.04. The zero-order valence-corrected chi connectivity index (χ0v) is 12.2. The molecule has 1 heterocycles. The number of hydrogen-bond acceptors (Lipinski definition) is 3. The molecular formula is C16H18ClN3. The van der Waals surface area contributed by atoms with Crippen molar-refractivity contribution < 1.29 is 0 Å². The number of rotatable bonds is 1. The van der Waals surface area contributed by atoms with Gasteiger partial charge in [0.15, 0.2) is 5.82 Å². The van der Waals surface area contributed by atoms with Gasteiger partial charge in [-0.25, -0.2) is 9.97 Å². The van der Waals surface area contributed by atoms with Gasteiger partial charge in [0.25, 0.3) is 0 Å². The lowest BCUT2D eigenvalue weighted by molar-refractivity contribution is 0.607. The summed E-state index contributed by atoms with van der Waals surface area (Å²) >= 11 is 6.38. The minimum Gasteiger partial charge on any atom is -0.398 e. The standard InChI is InChI=1S/C16H18ClN3/c17-15-12-8-3-1-2-4-10-14(12)19-16(20-15)11-7-5-6-9-13(11)18/h5-7,9H,1-4,8,10,18H2. The van der Waals surface area contributed by atoms with Crippen LogP contribution in [0.2, 0.25) is 5.15 Å². The van der Waals surface area contributed by atoms with E-state index in [0.717, 1.165) is 29.7 Å². The average Bonchev–Trinajstić information content (AvgIpc) is 2.40. The van der Waals surface area contributed by atoms with E-state index in [1.807, 2.05) is 24.3 Å². The van der Waals surface area contributed by atoms with Gasteiger partial charge in [-0.3, -0.25) is 0 Å². The molecule has 0 bridgehead atoms. The third kappa shape index (κ3) is 2.63. The normalized spacial score (nSPS) is 15.2. The number of aromatic nitrogens is 2. The quantitative estimate of drug-likeness (QED) is 0.636. The molecule has 1 aliphatic carbocycles. The van der Waals surface area contributed by atoms with Crippen LogP contribution in [0, 0.1) is 0 Å². The minimum atomic E-state index is 0.593. The summed E-state index contributed by atoms with van der Waals surface area (Å²) in [4.78, 5) is 9.20.